The van der Waals surface area contributed by atoms with E-state index in [0.717, 1.165) is 20.8 Å². The molecule has 5 heteroatoms. The molecular weight excluding hydrogens is 372 g/mol. The molecule has 1 saturated carbocycles. The van der Waals surface area contributed by atoms with Crippen molar-refractivity contribution in [3.8, 4) is 0 Å². The summed E-state index contributed by atoms with van der Waals surface area (Å²) in [5.74, 6) is 1.75. The fraction of sp³-hybridized carbons (Fsp3) is 0.714. The molecule has 0 aromatic carbocycles. The first-order chi connectivity index (χ1) is 9.02. The van der Waals surface area contributed by atoms with Crippen molar-refractivity contribution in [1.29, 1.82) is 0 Å². The van der Waals surface area contributed by atoms with Gasteiger partial charge in [-0.1, -0.05) is 19.8 Å². The number of hydrogen-bond acceptors (Lipinski definition) is 3. The zero-order chi connectivity index (χ0) is 14.0. The van der Waals surface area contributed by atoms with Gasteiger partial charge in [-0.2, -0.15) is 0 Å². The van der Waals surface area contributed by atoms with Crippen molar-refractivity contribution in [2.24, 2.45) is 11.7 Å². The minimum Gasteiger partial charge on any atom is -0.451 e. The van der Waals surface area contributed by atoms with Crippen LogP contribution in [0.3, 0.4) is 0 Å². The molecule has 0 amide bonds. The van der Waals surface area contributed by atoms with E-state index in [1.54, 1.807) is 0 Å². The SMILES string of the molecule is CC1CCCC(N(C)C(CN)c2cc(Br)c(Br)o2)C1. The summed E-state index contributed by atoms with van der Waals surface area (Å²) in [6.07, 6.45) is 5.20. The number of likely N-dealkylation sites (N-methyl/N-ethyl adjacent to an activating group) is 1. The van der Waals surface area contributed by atoms with Crippen LogP contribution < -0.4 is 5.73 Å². The highest BCUT2D eigenvalue weighted by Crippen LogP contribution is 2.35. The van der Waals surface area contributed by atoms with Crippen LogP contribution in [0.2, 0.25) is 0 Å². The fourth-order valence-corrected chi connectivity index (χ4v) is 3.65. The van der Waals surface area contributed by atoms with Crippen LogP contribution in [0.5, 0.6) is 0 Å². The summed E-state index contributed by atoms with van der Waals surface area (Å²) < 4.78 is 7.45. The predicted octanol–water partition coefficient (Wildman–Crippen LogP) is 4.31. The summed E-state index contributed by atoms with van der Waals surface area (Å²) in [5, 5.41) is 0. The average molecular weight is 394 g/mol. The second-order valence-electron chi connectivity index (χ2n) is 5.61. The van der Waals surface area contributed by atoms with Gasteiger partial charge in [0.2, 0.25) is 0 Å². The number of nitrogens with two attached hydrogens (primary N) is 1. The zero-order valence-corrected chi connectivity index (χ0v) is 14.7. The Kier molecular flexibility index (Phi) is 5.52. The second kappa shape index (κ2) is 6.74. The minimum absolute atomic E-state index is 0.151. The third kappa shape index (κ3) is 3.63. The molecule has 2 N–H and O–H groups in total. The lowest BCUT2D eigenvalue weighted by Crippen LogP contribution is -2.40. The number of rotatable bonds is 4. The van der Waals surface area contributed by atoms with E-state index < -0.39 is 0 Å². The average Bonchev–Trinajstić information content (AvgIpc) is 2.70. The first kappa shape index (κ1) is 15.5. The van der Waals surface area contributed by atoms with Gasteiger partial charge in [0.25, 0.3) is 0 Å². The molecule has 0 radical (unpaired) electrons. The highest BCUT2D eigenvalue weighted by Gasteiger charge is 2.29. The third-order valence-electron chi connectivity index (χ3n) is 4.19. The number of hydrogen-bond donors (Lipinski definition) is 1. The molecule has 1 aromatic rings. The van der Waals surface area contributed by atoms with E-state index >= 15 is 0 Å². The summed E-state index contributed by atoms with van der Waals surface area (Å²) in [6, 6.07) is 2.78. The molecule has 3 atom stereocenters. The van der Waals surface area contributed by atoms with Gasteiger partial charge in [-0.05, 0) is 63.7 Å². The summed E-state index contributed by atoms with van der Waals surface area (Å²) in [6.45, 7) is 2.92. The molecule has 1 heterocycles. The molecule has 1 aromatic heterocycles. The lowest BCUT2D eigenvalue weighted by molar-refractivity contribution is 0.109. The van der Waals surface area contributed by atoms with Crippen LogP contribution >= 0.6 is 31.9 Å². The Hall–Kier alpha value is 0.160. The van der Waals surface area contributed by atoms with Gasteiger partial charge in [0.15, 0.2) is 4.67 Å². The van der Waals surface area contributed by atoms with Crippen LogP contribution in [0.4, 0.5) is 0 Å². The number of nitrogens with zero attached hydrogens (tertiary/aromatic N) is 1. The number of furan rings is 1. The van der Waals surface area contributed by atoms with Crippen molar-refractivity contribution < 1.29 is 4.42 Å². The Morgan fingerprint density at radius 2 is 2.21 bits per heavy atom. The van der Waals surface area contributed by atoms with Crippen molar-refractivity contribution in [3.05, 3.63) is 21.0 Å². The van der Waals surface area contributed by atoms with E-state index in [4.69, 9.17) is 10.2 Å². The lowest BCUT2D eigenvalue weighted by atomic mass is 9.86. The van der Waals surface area contributed by atoms with Crippen LogP contribution in [0.15, 0.2) is 19.6 Å². The molecular formula is C14H22Br2N2O. The molecule has 1 aliphatic carbocycles. The number of halogens is 2. The van der Waals surface area contributed by atoms with Crippen LogP contribution in [0.25, 0.3) is 0 Å². The van der Waals surface area contributed by atoms with E-state index in [0.29, 0.717) is 12.6 Å². The summed E-state index contributed by atoms with van der Waals surface area (Å²) >= 11 is 6.86. The van der Waals surface area contributed by atoms with Gasteiger partial charge >= 0.3 is 0 Å². The predicted molar refractivity (Wildman–Crippen MR) is 85.1 cm³/mol. The first-order valence-corrected chi connectivity index (χ1v) is 8.48. The molecule has 1 aliphatic rings. The maximum atomic E-state index is 5.97. The van der Waals surface area contributed by atoms with Crippen LogP contribution in [0.1, 0.15) is 44.4 Å². The van der Waals surface area contributed by atoms with E-state index in [1.165, 1.54) is 25.7 Å². The molecule has 0 bridgehead atoms. The molecule has 0 spiro atoms. The standard InChI is InChI=1S/C14H22Br2N2O/c1-9-4-3-5-10(6-9)18(2)12(8-17)13-7-11(15)14(16)19-13/h7,9-10,12H,3-6,8,17H2,1-2H3. The van der Waals surface area contributed by atoms with Gasteiger partial charge < -0.3 is 10.2 Å². The van der Waals surface area contributed by atoms with E-state index in [-0.39, 0.29) is 6.04 Å². The fourth-order valence-electron chi connectivity index (χ4n) is 3.04. The Morgan fingerprint density at radius 3 is 2.74 bits per heavy atom. The monoisotopic (exact) mass is 392 g/mol. The molecule has 1 fully saturated rings. The Balaban J connectivity index is 2.12. The van der Waals surface area contributed by atoms with Gasteiger partial charge in [0.05, 0.1) is 10.5 Å². The first-order valence-electron chi connectivity index (χ1n) is 6.89. The van der Waals surface area contributed by atoms with Crippen molar-refractivity contribution >= 4 is 31.9 Å². The highest BCUT2D eigenvalue weighted by atomic mass is 79.9. The molecule has 3 nitrogen and oxygen atoms in total. The van der Waals surface area contributed by atoms with Gasteiger partial charge in [-0.3, -0.25) is 4.90 Å². The Labute approximate surface area is 132 Å². The summed E-state index contributed by atoms with van der Waals surface area (Å²) in [5.41, 5.74) is 5.97. The van der Waals surface area contributed by atoms with Crippen LogP contribution in [0, 0.1) is 5.92 Å². The maximum absolute atomic E-state index is 5.97. The Morgan fingerprint density at radius 1 is 1.47 bits per heavy atom. The van der Waals surface area contributed by atoms with Crippen LogP contribution in [-0.2, 0) is 0 Å². The normalized spacial score (nSPS) is 25.8. The maximum Gasteiger partial charge on any atom is 0.183 e. The quantitative estimate of drug-likeness (QED) is 0.828. The minimum atomic E-state index is 0.151. The van der Waals surface area contributed by atoms with E-state index in [9.17, 15) is 0 Å². The van der Waals surface area contributed by atoms with Crippen molar-refractivity contribution in [1.82, 2.24) is 4.90 Å². The van der Waals surface area contributed by atoms with Crippen molar-refractivity contribution in [2.75, 3.05) is 13.6 Å². The molecule has 3 unspecified atom stereocenters. The summed E-state index contributed by atoms with van der Waals surface area (Å²) in [7, 11) is 2.17. The van der Waals surface area contributed by atoms with Crippen molar-refractivity contribution in [2.45, 2.75) is 44.7 Å². The van der Waals surface area contributed by atoms with Gasteiger partial charge in [-0.15, -0.1) is 0 Å². The molecule has 19 heavy (non-hydrogen) atoms. The molecule has 108 valence electrons. The van der Waals surface area contributed by atoms with Gasteiger partial charge in [0, 0.05) is 12.6 Å². The smallest absolute Gasteiger partial charge is 0.183 e. The van der Waals surface area contributed by atoms with E-state index in [2.05, 4.69) is 50.7 Å². The van der Waals surface area contributed by atoms with Gasteiger partial charge in [0.1, 0.15) is 5.76 Å². The second-order valence-corrected chi connectivity index (χ2v) is 7.19. The topological polar surface area (TPSA) is 42.4 Å². The van der Waals surface area contributed by atoms with Crippen molar-refractivity contribution in [3.63, 3.8) is 0 Å². The van der Waals surface area contributed by atoms with Crippen LogP contribution in [-0.4, -0.2) is 24.5 Å². The zero-order valence-electron chi connectivity index (χ0n) is 11.5. The molecule has 0 saturated heterocycles. The lowest BCUT2D eigenvalue weighted by Gasteiger charge is -2.37. The summed E-state index contributed by atoms with van der Waals surface area (Å²) in [4.78, 5) is 2.40. The van der Waals surface area contributed by atoms with Gasteiger partial charge in [-0.25, -0.2) is 0 Å². The molecule has 0 aliphatic heterocycles. The largest absolute Gasteiger partial charge is 0.451 e. The Bertz CT molecular complexity index is 402. The third-order valence-corrected chi connectivity index (χ3v) is 5.90. The van der Waals surface area contributed by atoms with E-state index in [1.807, 2.05) is 6.07 Å². The molecule has 2 rings (SSSR count). The highest BCUT2D eigenvalue weighted by molar-refractivity contribution is 9.13.